The largest absolute Gasteiger partial charge is 0.351 e. The lowest BCUT2D eigenvalue weighted by atomic mass is 9.88. The molecule has 1 unspecified atom stereocenters. The number of imidazole rings is 1. The van der Waals surface area contributed by atoms with Gasteiger partial charge in [-0.05, 0) is 79.1 Å². The smallest absolute Gasteiger partial charge is 0.254 e. The fourth-order valence-corrected chi connectivity index (χ4v) is 6.84. The number of fused-ring (bicyclic) bond motifs is 1. The van der Waals surface area contributed by atoms with Crippen LogP contribution in [0.3, 0.4) is 0 Å². The summed E-state index contributed by atoms with van der Waals surface area (Å²) >= 11 is 13.5. The second kappa shape index (κ2) is 13.9. The number of nitrogens with zero attached hydrogens (tertiary/aromatic N) is 1. The first-order valence-electron chi connectivity index (χ1n) is 15.2. The summed E-state index contributed by atoms with van der Waals surface area (Å²) in [7, 11) is 0. The van der Waals surface area contributed by atoms with Gasteiger partial charge >= 0.3 is 0 Å². The van der Waals surface area contributed by atoms with Crippen molar-refractivity contribution in [2.45, 2.75) is 89.9 Å². The normalized spacial score (nSPS) is 16.3. The highest BCUT2D eigenvalue weighted by Gasteiger charge is 2.23. The van der Waals surface area contributed by atoms with E-state index in [-0.39, 0.29) is 11.8 Å². The molecule has 0 saturated heterocycles. The van der Waals surface area contributed by atoms with Gasteiger partial charge in [0, 0.05) is 6.54 Å². The van der Waals surface area contributed by atoms with Crippen molar-refractivity contribution < 1.29 is 4.79 Å². The maximum atomic E-state index is 13.5. The molecular formula is C35H41Cl2N3O. The summed E-state index contributed by atoms with van der Waals surface area (Å²) in [5.74, 6) is 0.827. The lowest BCUT2D eigenvalue weighted by molar-refractivity contribution is 0.0952. The number of carbonyl (C=O) groups is 1. The van der Waals surface area contributed by atoms with E-state index in [2.05, 4.69) is 48.4 Å². The van der Waals surface area contributed by atoms with E-state index in [1.165, 1.54) is 62.5 Å². The third kappa shape index (κ3) is 7.34. The number of hydrogen-bond acceptors (Lipinski definition) is 2. The van der Waals surface area contributed by atoms with E-state index in [1.807, 2.05) is 30.3 Å². The van der Waals surface area contributed by atoms with Gasteiger partial charge in [0.05, 0.1) is 32.6 Å². The Morgan fingerprint density at radius 2 is 1.46 bits per heavy atom. The third-order valence-electron chi connectivity index (χ3n) is 8.73. The number of hydrogen-bond donors (Lipinski definition) is 2. The predicted octanol–water partition coefficient (Wildman–Crippen LogP) is 10.0. The quantitative estimate of drug-likeness (QED) is 0.235. The summed E-state index contributed by atoms with van der Waals surface area (Å²) in [5, 5.41) is 3.96. The fourth-order valence-electron chi connectivity index (χ4n) is 6.16. The van der Waals surface area contributed by atoms with Gasteiger partial charge < -0.3 is 10.3 Å². The van der Waals surface area contributed by atoms with Crippen molar-refractivity contribution in [2.24, 2.45) is 0 Å². The van der Waals surface area contributed by atoms with Crippen LogP contribution in [0.2, 0.25) is 10.0 Å². The Bertz CT molecular complexity index is 1410. The molecule has 41 heavy (non-hydrogen) atoms. The molecule has 2 N–H and O–H groups in total. The van der Waals surface area contributed by atoms with E-state index < -0.39 is 0 Å². The Balaban J connectivity index is 1.35. The summed E-state index contributed by atoms with van der Waals surface area (Å²) in [4.78, 5) is 21.9. The molecule has 0 spiro atoms. The van der Waals surface area contributed by atoms with Crippen molar-refractivity contribution >= 4 is 40.1 Å². The van der Waals surface area contributed by atoms with Crippen LogP contribution in [0.1, 0.15) is 114 Å². The number of halogens is 2. The molecule has 1 saturated carbocycles. The van der Waals surface area contributed by atoms with Crippen LogP contribution in [-0.4, -0.2) is 22.4 Å². The second-order valence-corrected chi connectivity index (χ2v) is 12.5. The van der Waals surface area contributed by atoms with Crippen molar-refractivity contribution in [1.29, 1.82) is 0 Å². The molecule has 4 nitrogen and oxygen atoms in total. The van der Waals surface area contributed by atoms with Crippen LogP contribution in [0.25, 0.3) is 11.0 Å². The van der Waals surface area contributed by atoms with Crippen LogP contribution in [0, 0.1) is 13.8 Å². The highest BCUT2D eigenvalue weighted by atomic mass is 35.5. The highest BCUT2D eigenvalue weighted by Crippen LogP contribution is 2.36. The Hall–Kier alpha value is -2.82. The highest BCUT2D eigenvalue weighted by molar-refractivity contribution is 6.39. The van der Waals surface area contributed by atoms with E-state index >= 15 is 0 Å². The van der Waals surface area contributed by atoms with E-state index in [0.29, 0.717) is 28.1 Å². The number of aromatic amines is 1. The van der Waals surface area contributed by atoms with E-state index in [1.54, 1.807) is 0 Å². The van der Waals surface area contributed by atoms with Gasteiger partial charge in [-0.25, -0.2) is 4.98 Å². The minimum absolute atomic E-state index is 0.156. The van der Waals surface area contributed by atoms with Gasteiger partial charge in [-0.1, -0.05) is 105 Å². The number of rotatable bonds is 6. The number of H-pyrrole nitrogens is 1. The van der Waals surface area contributed by atoms with Gasteiger partial charge in [0.25, 0.3) is 5.91 Å². The van der Waals surface area contributed by atoms with Crippen LogP contribution in [-0.2, 0) is 0 Å². The number of benzene rings is 3. The predicted molar refractivity (Wildman–Crippen MR) is 172 cm³/mol. The molecule has 0 radical (unpaired) electrons. The first kappa shape index (κ1) is 29.7. The molecule has 4 aromatic rings. The van der Waals surface area contributed by atoms with Gasteiger partial charge in [-0.2, -0.15) is 0 Å². The third-order valence-corrected chi connectivity index (χ3v) is 9.33. The van der Waals surface area contributed by atoms with Crippen molar-refractivity contribution in [3.8, 4) is 0 Å². The number of carbonyl (C=O) groups excluding carboxylic acids is 1. The first-order chi connectivity index (χ1) is 19.9. The lowest BCUT2D eigenvalue weighted by Crippen LogP contribution is -2.30. The zero-order valence-electron chi connectivity index (χ0n) is 24.2. The van der Waals surface area contributed by atoms with Gasteiger partial charge in [0.2, 0.25) is 0 Å². The maximum absolute atomic E-state index is 13.5. The summed E-state index contributed by atoms with van der Waals surface area (Å²) in [6.45, 7) is 4.56. The minimum atomic E-state index is -0.266. The van der Waals surface area contributed by atoms with E-state index in [9.17, 15) is 4.79 Å². The molecule has 1 amide bonds. The minimum Gasteiger partial charge on any atom is -0.351 e. The molecule has 1 aromatic heterocycles. The molecular weight excluding hydrogens is 549 g/mol. The summed E-state index contributed by atoms with van der Waals surface area (Å²) in [6.07, 6.45) is 12.7. The Morgan fingerprint density at radius 3 is 2.10 bits per heavy atom. The van der Waals surface area contributed by atoms with Crippen molar-refractivity contribution in [1.82, 2.24) is 15.3 Å². The lowest BCUT2D eigenvalue weighted by Gasteiger charge is -2.20. The summed E-state index contributed by atoms with van der Waals surface area (Å²) < 4.78 is 0. The molecule has 1 fully saturated rings. The molecule has 1 aliphatic rings. The zero-order chi connectivity index (χ0) is 28.8. The molecule has 6 heteroatoms. The molecule has 1 atom stereocenters. The molecule has 3 aromatic carbocycles. The Morgan fingerprint density at radius 1 is 0.878 bits per heavy atom. The fraction of sp³-hybridized carbons (Fsp3) is 0.429. The average Bonchev–Trinajstić information content (AvgIpc) is 3.32. The number of aryl methyl sites for hydroxylation is 2. The molecule has 0 aliphatic heterocycles. The van der Waals surface area contributed by atoms with Crippen LogP contribution >= 0.6 is 23.2 Å². The van der Waals surface area contributed by atoms with Crippen LogP contribution in [0.5, 0.6) is 0 Å². The van der Waals surface area contributed by atoms with Crippen LogP contribution < -0.4 is 5.32 Å². The number of amides is 1. The van der Waals surface area contributed by atoms with Crippen LogP contribution in [0.15, 0.2) is 54.6 Å². The van der Waals surface area contributed by atoms with Crippen molar-refractivity contribution in [3.05, 3.63) is 98.3 Å². The van der Waals surface area contributed by atoms with Gasteiger partial charge in [-0.15, -0.1) is 0 Å². The van der Waals surface area contributed by atoms with E-state index in [4.69, 9.17) is 28.2 Å². The van der Waals surface area contributed by atoms with Gasteiger partial charge in [-0.3, -0.25) is 4.79 Å². The topological polar surface area (TPSA) is 57.8 Å². The van der Waals surface area contributed by atoms with Crippen molar-refractivity contribution in [3.63, 3.8) is 0 Å². The number of aromatic nitrogens is 2. The maximum Gasteiger partial charge on any atom is 0.254 e. The molecule has 1 aliphatic carbocycles. The van der Waals surface area contributed by atoms with E-state index in [0.717, 1.165) is 40.8 Å². The first-order valence-corrected chi connectivity index (χ1v) is 15.9. The van der Waals surface area contributed by atoms with Gasteiger partial charge in [0.15, 0.2) is 0 Å². The van der Waals surface area contributed by atoms with Gasteiger partial charge in [0.1, 0.15) is 5.82 Å². The zero-order valence-corrected chi connectivity index (χ0v) is 25.8. The molecule has 0 bridgehead atoms. The SMILES string of the molecule is Cc1cc2nc(C(CNC(=O)c3c(Cl)cc(C4CCCCCCCCCC4)cc3Cl)c3ccccc3)[nH]c2cc1C. The standard InChI is InChI=1S/C35H41Cl2N3O/c1-23-18-31-32(19-24(23)2)40-34(39-31)28(26-16-12-9-13-17-26)22-38-35(41)33-29(36)20-27(21-30(33)37)25-14-10-7-5-3-4-6-8-11-15-25/h9,12-13,16-21,25,28H,3-8,10-11,14-15,22H2,1-2H3,(H,38,41)(H,39,40). The monoisotopic (exact) mass is 589 g/mol. The molecule has 1 heterocycles. The Labute approximate surface area is 254 Å². The molecule has 216 valence electrons. The van der Waals surface area contributed by atoms with Crippen LogP contribution in [0.4, 0.5) is 0 Å². The second-order valence-electron chi connectivity index (χ2n) is 11.7. The van der Waals surface area contributed by atoms with Crippen molar-refractivity contribution in [2.75, 3.05) is 6.54 Å². The molecule has 5 rings (SSSR count). The Kier molecular flexibility index (Phi) is 10.1. The summed E-state index contributed by atoms with van der Waals surface area (Å²) in [6, 6.07) is 18.3. The number of nitrogens with one attached hydrogen (secondary N) is 2. The average molecular weight is 591 g/mol. The summed E-state index contributed by atoms with van der Waals surface area (Å²) in [5.41, 5.74) is 6.91.